The van der Waals surface area contributed by atoms with Crippen LogP contribution >= 0.6 is 0 Å². The summed E-state index contributed by atoms with van der Waals surface area (Å²) in [5, 5.41) is 10.2. The van der Waals surface area contributed by atoms with Crippen LogP contribution in [0.2, 0.25) is 0 Å². The summed E-state index contributed by atoms with van der Waals surface area (Å²) in [4.78, 5) is 2.48. The SMILES string of the molecule is CC(C)N(CC(O)CC1CCCC1)CC1CC1. The third-order valence-electron chi connectivity index (χ3n) is 4.45. The Morgan fingerprint density at radius 2 is 1.71 bits per heavy atom. The molecule has 0 aliphatic heterocycles. The van der Waals surface area contributed by atoms with Gasteiger partial charge in [-0.3, -0.25) is 4.90 Å². The Kier molecular flexibility index (Phi) is 4.87. The monoisotopic (exact) mass is 239 g/mol. The summed E-state index contributed by atoms with van der Waals surface area (Å²) in [5.41, 5.74) is 0. The zero-order valence-corrected chi connectivity index (χ0v) is 11.6. The molecule has 2 aliphatic carbocycles. The molecule has 2 saturated carbocycles. The summed E-state index contributed by atoms with van der Waals surface area (Å²) in [6.45, 7) is 6.61. The second kappa shape index (κ2) is 6.19. The highest BCUT2D eigenvalue weighted by Crippen LogP contribution is 2.31. The molecule has 1 N–H and O–H groups in total. The first-order valence-corrected chi connectivity index (χ1v) is 7.57. The van der Waals surface area contributed by atoms with E-state index in [-0.39, 0.29) is 6.10 Å². The topological polar surface area (TPSA) is 23.5 Å². The van der Waals surface area contributed by atoms with Gasteiger partial charge in [0.15, 0.2) is 0 Å². The van der Waals surface area contributed by atoms with Crippen molar-refractivity contribution in [1.29, 1.82) is 0 Å². The molecule has 17 heavy (non-hydrogen) atoms. The normalized spacial score (nSPS) is 23.8. The number of nitrogens with zero attached hydrogens (tertiary/aromatic N) is 1. The van der Waals surface area contributed by atoms with Gasteiger partial charge in [0.05, 0.1) is 6.10 Å². The number of aliphatic hydroxyl groups is 1. The lowest BCUT2D eigenvalue weighted by Gasteiger charge is -2.29. The smallest absolute Gasteiger partial charge is 0.0669 e. The molecule has 0 spiro atoms. The molecule has 0 aromatic rings. The predicted octanol–water partition coefficient (Wildman–Crippen LogP) is 3.05. The average molecular weight is 239 g/mol. The lowest BCUT2D eigenvalue weighted by atomic mass is 9.99. The third kappa shape index (κ3) is 4.59. The highest BCUT2D eigenvalue weighted by Gasteiger charge is 2.27. The van der Waals surface area contributed by atoms with Gasteiger partial charge in [0, 0.05) is 19.1 Å². The van der Waals surface area contributed by atoms with E-state index in [1.165, 1.54) is 45.1 Å². The number of aliphatic hydroxyl groups excluding tert-OH is 1. The number of hydrogen-bond acceptors (Lipinski definition) is 2. The van der Waals surface area contributed by atoms with E-state index in [0.29, 0.717) is 6.04 Å². The summed E-state index contributed by atoms with van der Waals surface area (Å²) in [6.07, 6.45) is 9.21. The van der Waals surface area contributed by atoms with E-state index < -0.39 is 0 Å². The summed E-state index contributed by atoms with van der Waals surface area (Å²) in [5.74, 6) is 1.73. The summed E-state index contributed by atoms with van der Waals surface area (Å²) >= 11 is 0. The van der Waals surface area contributed by atoms with Crippen LogP contribution in [-0.4, -0.2) is 35.2 Å². The maximum atomic E-state index is 10.2. The fourth-order valence-electron chi connectivity index (χ4n) is 3.10. The molecule has 0 saturated heterocycles. The van der Waals surface area contributed by atoms with Gasteiger partial charge in [-0.05, 0) is 44.9 Å². The van der Waals surface area contributed by atoms with Gasteiger partial charge < -0.3 is 5.11 Å². The van der Waals surface area contributed by atoms with Crippen LogP contribution in [0.3, 0.4) is 0 Å². The van der Waals surface area contributed by atoms with Gasteiger partial charge in [-0.2, -0.15) is 0 Å². The first-order valence-electron chi connectivity index (χ1n) is 7.57. The quantitative estimate of drug-likeness (QED) is 0.738. The predicted molar refractivity (Wildman–Crippen MR) is 72.0 cm³/mol. The number of rotatable bonds is 7. The van der Waals surface area contributed by atoms with Crippen LogP contribution in [0, 0.1) is 11.8 Å². The zero-order valence-electron chi connectivity index (χ0n) is 11.6. The Balaban J connectivity index is 1.71. The Bertz CT molecular complexity index is 219. The zero-order chi connectivity index (χ0) is 12.3. The maximum absolute atomic E-state index is 10.2. The van der Waals surface area contributed by atoms with E-state index in [1.807, 2.05) is 0 Å². The van der Waals surface area contributed by atoms with Crippen molar-refractivity contribution in [3.8, 4) is 0 Å². The lowest BCUT2D eigenvalue weighted by molar-refractivity contribution is 0.0747. The molecule has 1 unspecified atom stereocenters. The van der Waals surface area contributed by atoms with Crippen LogP contribution in [0.4, 0.5) is 0 Å². The largest absolute Gasteiger partial charge is 0.392 e. The fourth-order valence-corrected chi connectivity index (χ4v) is 3.10. The van der Waals surface area contributed by atoms with E-state index in [1.54, 1.807) is 0 Å². The van der Waals surface area contributed by atoms with Crippen LogP contribution < -0.4 is 0 Å². The van der Waals surface area contributed by atoms with Crippen LogP contribution in [0.15, 0.2) is 0 Å². The molecule has 2 rings (SSSR count). The van der Waals surface area contributed by atoms with Crippen molar-refractivity contribution in [2.24, 2.45) is 11.8 Å². The Morgan fingerprint density at radius 1 is 1.06 bits per heavy atom. The molecule has 2 heteroatoms. The van der Waals surface area contributed by atoms with Crippen molar-refractivity contribution in [3.63, 3.8) is 0 Å². The van der Waals surface area contributed by atoms with E-state index in [2.05, 4.69) is 18.7 Å². The van der Waals surface area contributed by atoms with Crippen LogP contribution in [0.5, 0.6) is 0 Å². The molecule has 0 aromatic carbocycles. The van der Waals surface area contributed by atoms with Crippen LogP contribution in [0.1, 0.15) is 58.8 Å². The molecule has 0 radical (unpaired) electrons. The minimum atomic E-state index is -0.0979. The molecular weight excluding hydrogens is 210 g/mol. The molecule has 2 nitrogen and oxygen atoms in total. The first-order chi connectivity index (χ1) is 8.15. The standard InChI is InChI=1S/C15H29NO/c1-12(2)16(10-14-7-8-14)11-15(17)9-13-5-3-4-6-13/h12-15,17H,3-11H2,1-2H3. The average Bonchev–Trinajstić information content (AvgIpc) is 2.93. The van der Waals surface area contributed by atoms with Crippen molar-refractivity contribution < 1.29 is 5.11 Å². The van der Waals surface area contributed by atoms with E-state index in [9.17, 15) is 5.11 Å². The van der Waals surface area contributed by atoms with E-state index in [4.69, 9.17) is 0 Å². The Hall–Kier alpha value is -0.0800. The first kappa shape index (κ1) is 13.4. The minimum absolute atomic E-state index is 0.0979. The van der Waals surface area contributed by atoms with Gasteiger partial charge in [0.1, 0.15) is 0 Å². The minimum Gasteiger partial charge on any atom is -0.392 e. The van der Waals surface area contributed by atoms with Crippen molar-refractivity contribution >= 4 is 0 Å². The van der Waals surface area contributed by atoms with Crippen molar-refractivity contribution in [2.45, 2.75) is 70.9 Å². The van der Waals surface area contributed by atoms with Crippen molar-refractivity contribution in [2.75, 3.05) is 13.1 Å². The molecule has 0 bridgehead atoms. The Labute approximate surface area is 106 Å². The van der Waals surface area contributed by atoms with Crippen LogP contribution in [0.25, 0.3) is 0 Å². The fraction of sp³-hybridized carbons (Fsp3) is 1.00. The van der Waals surface area contributed by atoms with Gasteiger partial charge in [0.2, 0.25) is 0 Å². The second-order valence-electron chi connectivity index (χ2n) is 6.53. The molecule has 100 valence electrons. The molecular formula is C15H29NO. The van der Waals surface area contributed by atoms with Crippen molar-refractivity contribution in [3.05, 3.63) is 0 Å². The molecule has 2 aliphatic rings. The highest BCUT2D eigenvalue weighted by atomic mass is 16.3. The second-order valence-corrected chi connectivity index (χ2v) is 6.53. The van der Waals surface area contributed by atoms with E-state index in [0.717, 1.165) is 24.8 Å². The molecule has 1 atom stereocenters. The molecule has 0 aromatic heterocycles. The van der Waals surface area contributed by atoms with Gasteiger partial charge in [0.25, 0.3) is 0 Å². The van der Waals surface area contributed by atoms with Crippen LogP contribution in [-0.2, 0) is 0 Å². The van der Waals surface area contributed by atoms with E-state index >= 15 is 0 Å². The molecule has 0 amide bonds. The van der Waals surface area contributed by atoms with Gasteiger partial charge in [-0.15, -0.1) is 0 Å². The van der Waals surface area contributed by atoms with Crippen molar-refractivity contribution in [1.82, 2.24) is 4.90 Å². The number of hydrogen-bond donors (Lipinski definition) is 1. The highest BCUT2D eigenvalue weighted by molar-refractivity contribution is 4.81. The van der Waals surface area contributed by atoms with Gasteiger partial charge in [-0.25, -0.2) is 0 Å². The maximum Gasteiger partial charge on any atom is 0.0669 e. The molecule has 2 fully saturated rings. The van der Waals surface area contributed by atoms with Gasteiger partial charge in [-0.1, -0.05) is 25.7 Å². The molecule has 0 heterocycles. The lowest BCUT2D eigenvalue weighted by Crippen LogP contribution is -2.39. The Morgan fingerprint density at radius 3 is 2.24 bits per heavy atom. The summed E-state index contributed by atoms with van der Waals surface area (Å²) in [7, 11) is 0. The van der Waals surface area contributed by atoms with Gasteiger partial charge >= 0.3 is 0 Å². The third-order valence-corrected chi connectivity index (χ3v) is 4.45. The summed E-state index contributed by atoms with van der Waals surface area (Å²) in [6, 6.07) is 0.578. The summed E-state index contributed by atoms with van der Waals surface area (Å²) < 4.78 is 0.